The Morgan fingerprint density at radius 2 is 1.92 bits per heavy atom. The molecule has 1 N–H and O–H groups in total. The van der Waals surface area contributed by atoms with Gasteiger partial charge in [-0.3, -0.25) is 14.4 Å². The number of pyridine rings is 1. The van der Waals surface area contributed by atoms with Crippen LogP contribution in [0.15, 0.2) is 42.8 Å². The van der Waals surface area contributed by atoms with Gasteiger partial charge in [0.15, 0.2) is 5.78 Å². The Balaban J connectivity index is 1.74. The minimum absolute atomic E-state index is 0.0614. The number of anilines is 1. The molecule has 1 aromatic carbocycles. The van der Waals surface area contributed by atoms with Crippen molar-refractivity contribution in [2.45, 2.75) is 19.8 Å². The highest BCUT2D eigenvalue weighted by atomic mass is 16.7. The number of nitrogens with one attached hydrogen (secondary N) is 1. The molecule has 2 aromatic rings. The lowest BCUT2D eigenvalue weighted by atomic mass is 10.1. The van der Waals surface area contributed by atoms with Gasteiger partial charge in [-0.05, 0) is 30.8 Å². The molecular weight excluding hydrogens is 310 g/mol. The van der Waals surface area contributed by atoms with Gasteiger partial charge in [-0.2, -0.15) is 0 Å². The van der Waals surface area contributed by atoms with Gasteiger partial charge in [0.25, 0.3) is 11.8 Å². The molecule has 2 amide bonds. The molecule has 2 heterocycles. The van der Waals surface area contributed by atoms with Crippen molar-refractivity contribution in [1.82, 2.24) is 10.0 Å². The SMILES string of the molecule is C=C(Nc1ccc2nc(C(C)=O)ccc2c1)ON1C(=O)CCC1=O. The highest BCUT2D eigenvalue weighted by Crippen LogP contribution is 2.21. The fourth-order valence-corrected chi connectivity index (χ4v) is 2.35. The number of nitrogens with zero attached hydrogens (tertiary/aromatic N) is 2. The molecular formula is C17H15N3O4. The van der Waals surface area contributed by atoms with Crippen LogP contribution in [0, 0.1) is 0 Å². The summed E-state index contributed by atoms with van der Waals surface area (Å²) in [5.41, 5.74) is 1.75. The van der Waals surface area contributed by atoms with Crippen molar-refractivity contribution >= 4 is 34.2 Å². The third-order valence-corrected chi connectivity index (χ3v) is 3.54. The lowest BCUT2D eigenvalue weighted by molar-refractivity contribution is -0.176. The quantitative estimate of drug-likeness (QED) is 0.516. The maximum atomic E-state index is 11.5. The summed E-state index contributed by atoms with van der Waals surface area (Å²) >= 11 is 0. The van der Waals surface area contributed by atoms with E-state index >= 15 is 0 Å². The van der Waals surface area contributed by atoms with Crippen LogP contribution in [-0.4, -0.2) is 27.6 Å². The van der Waals surface area contributed by atoms with Crippen molar-refractivity contribution in [2.24, 2.45) is 0 Å². The second kappa shape index (κ2) is 6.11. The van der Waals surface area contributed by atoms with E-state index in [2.05, 4.69) is 16.9 Å². The number of hydrogen-bond donors (Lipinski definition) is 1. The summed E-state index contributed by atoms with van der Waals surface area (Å²) in [6, 6.07) is 8.74. The summed E-state index contributed by atoms with van der Waals surface area (Å²) in [4.78, 5) is 43.8. The van der Waals surface area contributed by atoms with Crippen LogP contribution in [0.4, 0.5) is 5.69 Å². The van der Waals surface area contributed by atoms with Crippen LogP contribution in [-0.2, 0) is 14.4 Å². The largest absolute Gasteiger partial charge is 0.351 e. The van der Waals surface area contributed by atoms with Gasteiger partial charge < -0.3 is 10.2 Å². The van der Waals surface area contributed by atoms with E-state index in [9.17, 15) is 14.4 Å². The topological polar surface area (TPSA) is 88.6 Å². The number of fused-ring (bicyclic) bond motifs is 1. The fourth-order valence-electron chi connectivity index (χ4n) is 2.35. The number of rotatable bonds is 5. The molecule has 0 radical (unpaired) electrons. The Hall–Kier alpha value is -3.22. The van der Waals surface area contributed by atoms with E-state index in [0.717, 1.165) is 10.4 Å². The van der Waals surface area contributed by atoms with E-state index in [4.69, 9.17) is 4.84 Å². The van der Waals surface area contributed by atoms with Crippen LogP contribution in [0.3, 0.4) is 0 Å². The summed E-state index contributed by atoms with van der Waals surface area (Å²) in [5, 5.41) is 4.43. The standard InChI is InChI=1S/C17H15N3O4/c1-10(21)14-5-3-12-9-13(4-6-15(12)19-14)18-11(2)24-20-16(22)7-8-17(20)23/h3-6,9,18H,2,7-8H2,1H3. The first-order valence-corrected chi connectivity index (χ1v) is 7.35. The van der Waals surface area contributed by atoms with E-state index in [1.165, 1.54) is 6.92 Å². The summed E-state index contributed by atoms with van der Waals surface area (Å²) in [6.07, 6.45) is 0.290. The number of aromatic nitrogens is 1. The Labute approximate surface area is 137 Å². The smallest absolute Gasteiger partial charge is 0.264 e. The first-order chi connectivity index (χ1) is 11.4. The van der Waals surface area contributed by atoms with E-state index in [-0.39, 0.29) is 36.3 Å². The molecule has 7 nitrogen and oxygen atoms in total. The van der Waals surface area contributed by atoms with E-state index in [1.54, 1.807) is 30.3 Å². The number of amides is 2. The summed E-state index contributed by atoms with van der Waals surface area (Å²) < 4.78 is 0. The first-order valence-electron chi connectivity index (χ1n) is 7.35. The second-order valence-electron chi connectivity index (χ2n) is 5.38. The number of carbonyl (C=O) groups is 3. The van der Waals surface area contributed by atoms with Gasteiger partial charge in [0, 0.05) is 30.8 Å². The zero-order valence-corrected chi connectivity index (χ0v) is 13.0. The van der Waals surface area contributed by atoms with Crippen LogP contribution in [0.5, 0.6) is 0 Å². The Morgan fingerprint density at radius 1 is 1.21 bits per heavy atom. The van der Waals surface area contributed by atoms with E-state index in [1.807, 2.05) is 0 Å². The highest BCUT2D eigenvalue weighted by Gasteiger charge is 2.31. The molecule has 1 aliphatic rings. The van der Waals surface area contributed by atoms with Crippen LogP contribution in [0.1, 0.15) is 30.3 Å². The zero-order valence-electron chi connectivity index (χ0n) is 13.0. The summed E-state index contributed by atoms with van der Waals surface area (Å²) in [7, 11) is 0. The zero-order chi connectivity index (χ0) is 17.3. The third kappa shape index (κ3) is 3.10. The van der Waals surface area contributed by atoms with E-state index < -0.39 is 0 Å². The lowest BCUT2D eigenvalue weighted by Gasteiger charge is -2.17. The minimum atomic E-state index is -0.387. The van der Waals surface area contributed by atoms with Gasteiger partial charge in [-0.15, -0.1) is 5.06 Å². The van der Waals surface area contributed by atoms with Gasteiger partial charge in [-0.25, -0.2) is 4.98 Å². The fraction of sp³-hybridized carbons (Fsp3) is 0.176. The molecule has 1 aromatic heterocycles. The molecule has 0 spiro atoms. The molecule has 0 bridgehead atoms. The maximum absolute atomic E-state index is 11.5. The number of hydrogen-bond acceptors (Lipinski definition) is 6. The van der Waals surface area contributed by atoms with Crippen LogP contribution < -0.4 is 5.32 Å². The molecule has 1 aliphatic heterocycles. The summed E-state index contributed by atoms with van der Waals surface area (Å²) in [5.74, 6) is -0.808. The van der Waals surface area contributed by atoms with Crippen molar-refractivity contribution in [3.8, 4) is 0 Å². The Morgan fingerprint density at radius 3 is 2.58 bits per heavy atom. The number of hydroxylamine groups is 2. The van der Waals surface area contributed by atoms with Crippen LogP contribution in [0.25, 0.3) is 10.9 Å². The van der Waals surface area contributed by atoms with Crippen LogP contribution >= 0.6 is 0 Å². The maximum Gasteiger partial charge on any atom is 0.264 e. The Bertz CT molecular complexity index is 859. The van der Waals surface area contributed by atoms with Crippen LogP contribution in [0.2, 0.25) is 0 Å². The number of ketones is 1. The predicted molar refractivity (Wildman–Crippen MR) is 86.7 cm³/mol. The van der Waals surface area contributed by atoms with Gasteiger partial charge in [0.2, 0.25) is 5.88 Å². The van der Waals surface area contributed by atoms with Crippen molar-refractivity contribution < 1.29 is 19.2 Å². The molecule has 1 fully saturated rings. The molecule has 0 unspecified atom stereocenters. The molecule has 0 saturated carbocycles. The van der Waals surface area contributed by atoms with Gasteiger partial charge >= 0.3 is 0 Å². The second-order valence-corrected chi connectivity index (χ2v) is 5.38. The molecule has 122 valence electrons. The van der Waals surface area contributed by atoms with Gasteiger partial charge in [0.1, 0.15) is 5.69 Å². The molecule has 0 aliphatic carbocycles. The molecule has 3 rings (SSSR count). The molecule has 1 saturated heterocycles. The Kier molecular flexibility index (Phi) is 3.99. The predicted octanol–water partition coefficient (Wildman–Crippen LogP) is 2.40. The lowest BCUT2D eigenvalue weighted by Crippen LogP contribution is -2.30. The normalized spacial score (nSPS) is 14.1. The van der Waals surface area contributed by atoms with Crippen molar-refractivity contribution in [1.29, 1.82) is 0 Å². The van der Waals surface area contributed by atoms with Crippen molar-refractivity contribution in [3.05, 3.63) is 48.5 Å². The summed E-state index contributed by atoms with van der Waals surface area (Å²) in [6.45, 7) is 5.12. The minimum Gasteiger partial charge on any atom is -0.351 e. The van der Waals surface area contributed by atoms with Crippen molar-refractivity contribution in [3.63, 3.8) is 0 Å². The third-order valence-electron chi connectivity index (χ3n) is 3.54. The average molecular weight is 325 g/mol. The average Bonchev–Trinajstić information content (AvgIpc) is 2.86. The number of carbonyl (C=O) groups excluding carboxylic acids is 3. The first kappa shape index (κ1) is 15.7. The van der Waals surface area contributed by atoms with Gasteiger partial charge in [-0.1, -0.05) is 6.07 Å². The number of benzene rings is 1. The molecule has 7 heteroatoms. The molecule has 0 atom stereocenters. The monoisotopic (exact) mass is 325 g/mol. The van der Waals surface area contributed by atoms with Crippen molar-refractivity contribution in [2.75, 3.05) is 5.32 Å². The van der Waals surface area contributed by atoms with Gasteiger partial charge in [0.05, 0.1) is 5.52 Å². The number of imide groups is 1. The number of Topliss-reactive ketones (excluding diaryl/α,β-unsaturated/α-hetero) is 1. The van der Waals surface area contributed by atoms with E-state index in [0.29, 0.717) is 16.9 Å². The molecule has 24 heavy (non-hydrogen) atoms. The highest BCUT2D eigenvalue weighted by molar-refractivity contribution is 6.00.